The zero-order valence-corrected chi connectivity index (χ0v) is 14.7. The third kappa shape index (κ3) is 3.82. The number of amides is 1. The van der Waals surface area contributed by atoms with Crippen LogP contribution in [0.15, 0.2) is 24.3 Å². The predicted octanol–water partition coefficient (Wildman–Crippen LogP) is 3.03. The monoisotopic (exact) mass is 345 g/mol. The van der Waals surface area contributed by atoms with Crippen LogP contribution in [0.3, 0.4) is 0 Å². The van der Waals surface area contributed by atoms with Gasteiger partial charge in [0.15, 0.2) is 0 Å². The minimum Gasteiger partial charge on any atom is -0.491 e. The van der Waals surface area contributed by atoms with Crippen LogP contribution in [-0.2, 0) is 9.47 Å². The van der Waals surface area contributed by atoms with Crippen LogP contribution in [0.1, 0.15) is 48.9 Å². The molecule has 2 heterocycles. The standard InChI is InChI=1S/C20H27NO4/c22-20(21-11-13-24-19-6-2-1-5-18(19)21)15-7-9-16(10-8-15)25-14-17-4-3-12-23-17/h7-10,17-19H,1-6,11-14H2/t17-,18+,19-/m0/s1. The van der Waals surface area contributed by atoms with Gasteiger partial charge in [-0.2, -0.15) is 0 Å². The van der Waals surface area contributed by atoms with Gasteiger partial charge in [0.05, 0.1) is 24.9 Å². The molecule has 1 aromatic carbocycles. The average molecular weight is 345 g/mol. The van der Waals surface area contributed by atoms with Crippen LogP contribution >= 0.6 is 0 Å². The van der Waals surface area contributed by atoms with Crippen LogP contribution in [0.5, 0.6) is 5.75 Å². The lowest BCUT2D eigenvalue weighted by Crippen LogP contribution is -2.54. The summed E-state index contributed by atoms with van der Waals surface area (Å²) in [5.74, 6) is 0.912. The Morgan fingerprint density at radius 1 is 1.04 bits per heavy atom. The summed E-state index contributed by atoms with van der Waals surface area (Å²) >= 11 is 0. The fourth-order valence-corrected chi connectivity index (χ4v) is 4.17. The van der Waals surface area contributed by atoms with E-state index >= 15 is 0 Å². The van der Waals surface area contributed by atoms with Gasteiger partial charge in [-0.3, -0.25) is 4.79 Å². The highest BCUT2D eigenvalue weighted by Gasteiger charge is 2.36. The first-order valence-electron chi connectivity index (χ1n) is 9.58. The second kappa shape index (κ2) is 7.75. The molecule has 3 fully saturated rings. The Morgan fingerprint density at radius 3 is 2.68 bits per heavy atom. The van der Waals surface area contributed by atoms with Crippen LogP contribution in [-0.4, -0.2) is 55.4 Å². The normalized spacial score (nSPS) is 29.3. The van der Waals surface area contributed by atoms with E-state index in [2.05, 4.69) is 0 Å². The van der Waals surface area contributed by atoms with E-state index in [1.165, 1.54) is 12.8 Å². The molecular formula is C20H27NO4. The van der Waals surface area contributed by atoms with Crippen molar-refractivity contribution in [2.45, 2.75) is 56.8 Å². The molecular weight excluding hydrogens is 318 g/mol. The third-order valence-electron chi connectivity index (χ3n) is 5.55. The van der Waals surface area contributed by atoms with Crippen molar-refractivity contribution in [2.75, 3.05) is 26.4 Å². The minimum absolute atomic E-state index is 0.117. The summed E-state index contributed by atoms with van der Waals surface area (Å²) in [5, 5.41) is 0. The van der Waals surface area contributed by atoms with Crippen LogP contribution < -0.4 is 4.74 Å². The number of ether oxygens (including phenoxy) is 3. The molecule has 1 aromatic rings. The highest BCUT2D eigenvalue weighted by Crippen LogP contribution is 2.29. The predicted molar refractivity (Wildman–Crippen MR) is 93.9 cm³/mol. The molecule has 1 saturated carbocycles. The second-order valence-electron chi connectivity index (χ2n) is 7.23. The molecule has 2 saturated heterocycles. The Morgan fingerprint density at radius 2 is 1.88 bits per heavy atom. The maximum Gasteiger partial charge on any atom is 0.254 e. The quantitative estimate of drug-likeness (QED) is 0.842. The van der Waals surface area contributed by atoms with Crippen molar-refractivity contribution in [2.24, 2.45) is 0 Å². The Kier molecular flexibility index (Phi) is 5.22. The van der Waals surface area contributed by atoms with E-state index in [1.807, 2.05) is 29.2 Å². The molecule has 1 aliphatic carbocycles. The molecule has 136 valence electrons. The molecule has 0 unspecified atom stereocenters. The summed E-state index contributed by atoms with van der Waals surface area (Å²) in [4.78, 5) is 15.0. The minimum atomic E-state index is 0.117. The van der Waals surface area contributed by atoms with Gasteiger partial charge in [-0.25, -0.2) is 0 Å². The van der Waals surface area contributed by atoms with Gasteiger partial charge in [0.1, 0.15) is 12.4 Å². The molecule has 3 aliphatic rings. The molecule has 2 aliphatic heterocycles. The van der Waals surface area contributed by atoms with Gasteiger partial charge in [0.25, 0.3) is 5.91 Å². The molecule has 0 N–H and O–H groups in total. The number of benzene rings is 1. The highest BCUT2D eigenvalue weighted by atomic mass is 16.5. The number of carbonyl (C=O) groups excluding carboxylic acids is 1. The number of hydrogen-bond acceptors (Lipinski definition) is 4. The maximum atomic E-state index is 12.9. The molecule has 1 amide bonds. The number of morpholine rings is 1. The fourth-order valence-electron chi connectivity index (χ4n) is 4.17. The number of rotatable bonds is 4. The van der Waals surface area contributed by atoms with Crippen molar-refractivity contribution in [3.05, 3.63) is 29.8 Å². The third-order valence-corrected chi connectivity index (χ3v) is 5.55. The topological polar surface area (TPSA) is 48.0 Å². The first-order valence-corrected chi connectivity index (χ1v) is 9.58. The second-order valence-corrected chi connectivity index (χ2v) is 7.23. The highest BCUT2D eigenvalue weighted by molar-refractivity contribution is 5.94. The number of fused-ring (bicyclic) bond motifs is 1. The number of nitrogens with zero attached hydrogens (tertiary/aromatic N) is 1. The van der Waals surface area contributed by atoms with E-state index in [9.17, 15) is 4.79 Å². The van der Waals surface area contributed by atoms with Crippen molar-refractivity contribution in [3.8, 4) is 5.75 Å². The van der Waals surface area contributed by atoms with Crippen molar-refractivity contribution < 1.29 is 19.0 Å². The van der Waals surface area contributed by atoms with Crippen LogP contribution in [0.2, 0.25) is 0 Å². The van der Waals surface area contributed by atoms with Crippen molar-refractivity contribution in [1.82, 2.24) is 4.90 Å². The van der Waals surface area contributed by atoms with Gasteiger partial charge in [-0.1, -0.05) is 12.8 Å². The smallest absolute Gasteiger partial charge is 0.254 e. The molecule has 4 rings (SSSR count). The zero-order valence-electron chi connectivity index (χ0n) is 14.7. The molecule has 0 spiro atoms. The Hall–Kier alpha value is -1.59. The van der Waals surface area contributed by atoms with Gasteiger partial charge >= 0.3 is 0 Å². The van der Waals surface area contributed by atoms with Crippen molar-refractivity contribution in [3.63, 3.8) is 0 Å². The summed E-state index contributed by atoms with van der Waals surface area (Å²) in [5.41, 5.74) is 0.732. The van der Waals surface area contributed by atoms with Crippen LogP contribution in [0.4, 0.5) is 0 Å². The molecule has 3 atom stereocenters. The number of carbonyl (C=O) groups is 1. The maximum absolute atomic E-state index is 12.9. The van der Waals surface area contributed by atoms with E-state index in [-0.39, 0.29) is 24.2 Å². The van der Waals surface area contributed by atoms with E-state index < -0.39 is 0 Å². The lowest BCUT2D eigenvalue weighted by Gasteiger charge is -2.43. The lowest BCUT2D eigenvalue weighted by molar-refractivity contribution is -0.0752. The van der Waals surface area contributed by atoms with E-state index in [1.54, 1.807) is 0 Å². The SMILES string of the molecule is O=C(c1ccc(OC[C@@H]2CCCO2)cc1)N1CCO[C@H]2CCCC[C@H]21. The Balaban J connectivity index is 1.37. The van der Waals surface area contributed by atoms with Gasteiger partial charge in [0, 0.05) is 18.7 Å². The van der Waals surface area contributed by atoms with Gasteiger partial charge in [-0.15, -0.1) is 0 Å². The molecule has 0 bridgehead atoms. The lowest BCUT2D eigenvalue weighted by atomic mass is 9.89. The summed E-state index contributed by atoms with van der Waals surface area (Å²) < 4.78 is 17.2. The van der Waals surface area contributed by atoms with Crippen LogP contribution in [0, 0.1) is 0 Å². The van der Waals surface area contributed by atoms with E-state index in [0.717, 1.165) is 43.6 Å². The van der Waals surface area contributed by atoms with Gasteiger partial charge < -0.3 is 19.1 Å². The Labute approximate surface area is 149 Å². The molecule has 25 heavy (non-hydrogen) atoms. The fraction of sp³-hybridized carbons (Fsp3) is 0.650. The summed E-state index contributed by atoms with van der Waals surface area (Å²) in [6.07, 6.45) is 7.13. The average Bonchev–Trinajstić information content (AvgIpc) is 3.19. The first-order chi connectivity index (χ1) is 12.3. The van der Waals surface area contributed by atoms with Crippen LogP contribution in [0.25, 0.3) is 0 Å². The summed E-state index contributed by atoms with van der Waals surface area (Å²) in [6, 6.07) is 7.77. The molecule has 5 heteroatoms. The van der Waals surface area contributed by atoms with E-state index in [0.29, 0.717) is 19.8 Å². The zero-order chi connectivity index (χ0) is 17.1. The molecule has 0 aromatic heterocycles. The molecule has 5 nitrogen and oxygen atoms in total. The van der Waals surface area contributed by atoms with Gasteiger partial charge in [0.2, 0.25) is 0 Å². The van der Waals surface area contributed by atoms with Gasteiger partial charge in [-0.05, 0) is 49.9 Å². The number of hydrogen-bond donors (Lipinski definition) is 0. The first kappa shape index (κ1) is 16.9. The van der Waals surface area contributed by atoms with Crippen molar-refractivity contribution >= 4 is 5.91 Å². The largest absolute Gasteiger partial charge is 0.491 e. The van der Waals surface area contributed by atoms with Crippen molar-refractivity contribution in [1.29, 1.82) is 0 Å². The molecule has 0 radical (unpaired) electrons. The van der Waals surface area contributed by atoms with E-state index in [4.69, 9.17) is 14.2 Å². The summed E-state index contributed by atoms with van der Waals surface area (Å²) in [6.45, 7) is 2.76. The Bertz CT molecular complexity index is 580. The summed E-state index contributed by atoms with van der Waals surface area (Å²) in [7, 11) is 0.